The highest BCUT2D eigenvalue weighted by molar-refractivity contribution is 6.04. The lowest BCUT2D eigenvalue weighted by molar-refractivity contribution is 0.0945. The van der Waals surface area contributed by atoms with Gasteiger partial charge in [-0.15, -0.1) is 0 Å². The lowest BCUT2D eigenvalue weighted by Gasteiger charge is -2.13. The Morgan fingerprint density at radius 1 is 1.19 bits per heavy atom. The number of benzene rings is 2. The summed E-state index contributed by atoms with van der Waals surface area (Å²) in [5.41, 5.74) is 1.16. The number of halogens is 1. The number of nitrogens with one attached hydrogen (secondary N) is 1. The normalized spacial score (nSPS) is 11.1. The van der Waals surface area contributed by atoms with Crippen molar-refractivity contribution in [2.24, 2.45) is 0 Å². The molecular weight excluding hydrogens is 333 g/mol. The highest BCUT2D eigenvalue weighted by atomic mass is 19.1. The molecule has 0 aliphatic heterocycles. The van der Waals surface area contributed by atoms with Crippen LogP contribution in [-0.2, 0) is 6.54 Å². The molecule has 26 heavy (non-hydrogen) atoms. The molecule has 0 unspecified atom stereocenters. The summed E-state index contributed by atoms with van der Waals surface area (Å²) in [4.78, 5) is 25.2. The fourth-order valence-electron chi connectivity index (χ4n) is 2.74. The number of hydrogen-bond donors (Lipinski definition) is 1. The maximum absolute atomic E-state index is 13.7. The van der Waals surface area contributed by atoms with Gasteiger partial charge < -0.3 is 5.32 Å². The van der Waals surface area contributed by atoms with Gasteiger partial charge in [-0.05, 0) is 44.0 Å². The molecule has 0 saturated heterocycles. The van der Waals surface area contributed by atoms with Gasteiger partial charge in [-0.1, -0.05) is 30.3 Å². The molecule has 1 N–H and O–H groups in total. The summed E-state index contributed by atoms with van der Waals surface area (Å²) in [6.07, 6.45) is 0. The molecule has 3 rings (SSSR count). The van der Waals surface area contributed by atoms with E-state index in [0.29, 0.717) is 21.9 Å². The molecular formula is C20H20FN3O2. The SMILES string of the molecule is Cc1ccc(CNC(=O)c2nn(C(C)C)c(=O)c3ccccc23)cc1F. The second-order valence-corrected chi connectivity index (χ2v) is 6.50. The van der Waals surface area contributed by atoms with Crippen LogP contribution in [0.2, 0.25) is 0 Å². The van der Waals surface area contributed by atoms with Gasteiger partial charge in [0.25, 0.3) is 11.5 Å². The molecule has 3 aromatic rings. The van der Waals surface area contributed by atoms with Crippen LogP contribution in [-0.4, -0.2) is 15.7 Å². The standard InChI is InChI=1S/C20H20FN3O2/c1-12(2)24-20(26)16-7-5-4-6-15(16)18(23-24)19(25)22-11-14-9-8-13(3)17(21)10-14/h4-10,12H,11H2,1-3H3,(H,22,25). The van der Waals surface area contributed by atoms with Gasteiger partial charge in [0, 0.05) is 11.9 Å². The number of carbonyl (C=O) groups excluding carboxylic acids is 1. The van der Waals surface area contributed by atoms with E-state index in [9.17, 15) is 14.0 Å². The van der Waals surface area contributed by atoms with E-state index in [-0.39, 0.29) is 29.7 Å². The van der Waals surface area contributed by atoms with Crippen molar-refractivity contribution < 1.29 is 9.18 Å². The third kappa shape index (κ3) is 3.35. The third-order valence-corrected chi connectivity index (χ3v) is 4.22. The van der Waals surface area contributed by atoms with E-state index in [4.69, 9.17) is 0 Å². The largest absolute Gasteiger partial charge is 0.347 e. The van der Waals surface area contributed by atoms with Crippen LogP contribution >= 0.6 is 0 Å². The molecule has 0 aliphatic carbocycles. The Morgan fingerprint density at radius 3 is 2.54 bits per heavy atom. The Morgan fingerprint density at radius 2 is 1.88 bits per heavy atom. The summed E-state index contributed by atoms with van der Waals surface area (Å²) in [5, 5.41) is 7.97. The number of fused-ring (bicyclic) bond motifs is 1. The highest BCUT2D eigenvalue weighted by Crippen LogP contribution is 2.15. The van der Waals surface area contributed by atoms with Gasteiger partial charge in [0.1, 0.15) is 5.82 Å². The van der Waals surface area contributed by atoms with E-state index in [0.717, 1.165) is 0 Å². The van der Waals surface area contributed by atoms with E-state index in [1.165, 1.54) is 10.7 Å². The summed E-state index contributed by atoms with van der Waals surface area (Å²) in [6, 6.07) is 11.6. The van der Waals surface area contributed by atoms with Crippen molar-refractivity contribution in [1.29, 1.82) is 0 Å². The molecule has 5 nitrogen and oxygen atoms in total. The maximum Gasteiger partial charge on any atom is 0.274 e. The molecule has 0 fully saturated rings. The summed E-state index contributed by atoms with van der Waals surface area (Å²) < 4.78 is 15.0. The van der Waals surface area contributed by atoms with Crippen LogP contribution in [0.25, 0.3) is 10.8 Å². The van der Waals surface area contributed by atoms with E-state index >= 15 is 0 Å². The predicted octanol–water partition coefficient (Wildman–Crippen LogP) is 3.35. The number of aryl methyl sites for hydroxylation is 1. The summed E-state index contributed by atoms with van der Waals surface area (Å²) in [5.74, 6) is -0.717. The van der Waals surface area contributed by atoms with Gasteiger partial charge in [0.15, 0.2) is 5.69 Å². The monoisotopic (exact) mass is 353 g/mol. The van der Waals surface area contributed by atoms with Crippen LogP contribution in [0, 0.1) is 12.7 Å². The lowest BCUT2D eigenvalue weighted by Crippen LogP contribution is -2.31. The number of hydrogen-bond acceptors (Lipinski definition) is 3. The molecule has 1 amide bonds. The molecule has 1 heterocycles. The van der Waals surface area contributed by atoms with Gasteiger partial charge >= 0.3 is 0 Å². The average Bonchev–Trinajstić information content (AvgIpc) is 2.62. The number of carbonyl (C=O) groups is 1. The Hall–Kier alpha value is -3.02. The van der Waals surface area contributed by atoms with E-state index in [2.05, 4.69) is 10.4 Å². The smallest absolute Gasteiger partial charge is 0.274 e. The van der Waals surface area contributed by atoms with Crippen molar-refractivity contribution in [3.05, 3.63) is 75.5 Å². The maximum atomic E-state index is 13.7. The quantitative estimate of drug-likeness (QED) is 0.782. The Bertz CT molecular complexity index is 1040. The summed E-state index contributed by atoms with van der Waals surface area (Å²) in [6.45, 7) is 5.52. The van der Waals surface area contributed by atoms with Gasteiger partial charge in [0.2, 0.25) is 0 Å². The minimum Gasteiger partial charge on any atom is -0.347 e. The molecule has 0 bridgehead atoms. The average molecular weight is 353 g/mol. The van der Waals surface area contributed by atoms with E-state index in [1.807, 2.05) is 13.8 Å². The molecule has 2 aromatic carbocycles. The Labute approximate surface area is 150 Å². The minimum absolute atomic E-state index is 0.173. The third-order valence-electron chi connectivity index (χ3n) is 4.22. The number of amides is 1. The van der Waals surface area contributed by atoms with Crippen LogP contribution in [0.5, 0.6) is 0 Å². The van der Waals surface area contributed by atoms with Crippen molar-refractivity contribution in [1.82, 2.24) is 15.1 Å². The van der Waals surface area contributed by atoms with Gasteiger partial charge in [0.05, 0.1) is 11.4 Å². The molecule has 1 aromatic heterocycles. The zero-order valence-corrected chi connectivity index (χ0v) is 14.9. The van der Waals surface area contributed by atoms with Crippen LogP contribution in [0.15, 0.2) is 47.3 Å². The van der Waals surface area contributed by atoms with Crippen molar-refractivity contribution in [2.75, 3.05) is 0 Å². The van der Waals surface area contributed by atoms with Crippen molar-refractivity contribution in [3.8, 4) is 0 Å². The van der Waals surface area contributed by atoms with Crippen molar-refractivity contribution in [3.63, 3.8) is 0 Å². The van der Waals surface area contributed by atoms with Crippen molar-refractivity contribution in [2.45, 2.75) is 33.4 Å². The number of rotatable bonds is 4. The molecule has 6 heteroatoms. The number of aromatic nitrogens is 2. The van der Waals surface area contributed by atoms with E-state index < -0.39 is 5.91 Å². The topological polar surface area (TPSA) is 64.0 Å². The first kappa shape index (κ1) is 17.8. The van der Waals surface area contributed by atoms with Crippen LogP contribution in [0.3, 0.4) is 0 Å². The molecule has 0 radical (unpaired) electrons. The lowest BCUT2D eigenvalue weighted by atomic mass is 10.1. The zero-order valence-electron chi connectivity index (χ0n) is 14.9. The molecule has 0 saturated carbocycles. The second-order valence-electron chi connectivity index (χ2n) is 6.50. The van der Waals surface area contributed by atoms with Gasteiger partial charge in [-0.3, -0.25) is 9.59 Å². The van der Waals surface area contributed by atoms with E-state index in [1.54, 1.807) is 43.3 Å². The minimum atomic E-state index is -0.406. The Kier molecular flexibility index (Phi) is 4.84. The highest BCUT2D eigenvalue weighted by Gasteiger charge is 2.17. The van der Waals surface area contributed by atoms with Gasteiger partial charge in [-0.2, -0.15) is 5.10 Å². The first-order chi connectivity index (χ1) is 12.4. The molecule has 134 valence electrons. The molecule has 0 spiro atoms. The second kappa shape index (κ2) is 7.07. The van der Waals surface area contributed by atoms with Crippen molar-refractivity contribution >= 4 is 16.7 Å². The zero-order chi connectivity index (χ0) is 18.8. The fraction of sp³-hybridized carbons (Fsp3) is 0.250. The van der Waals surface area contributed by atoms with Gasteiger partial charge in [-0.25, -0.2) is 9.07 Å². The number of nitrogens with zero attached hydrogens (tertiary/aromatic N) is 2. The Balaban J connectivity index is 1.96. The summed E-state index contributed by atoms with van der Waals surface area (Å²) in [7, 11) is 0. The first-order valence-corrected chi connectivity index (χ1v) is 8.43. The summed E-state index contributed by atoms with van der Waals surface area (Å²) >= 11 is 0. The molecule has 0 aliphatic rings. The van der Waals surface area contributed by atoms with Crippen LogP contribution in [0.1, 0.15) is 41.5 Å². The molecule has 0 atom stereocenters. The van der Waals surface area contributed by atoms with Crippen LogP contribution < -0.4 is 10.9 Å². The van der Waals surface area contributed by atoms with Crippen LogP contribution in [0.4, 0.5) is 4.39 Å². The fourth-order valence-corrected chi connectivity index (χ4v) is 2.74. The predicted molar refractivity (Wildman–Crippen MR) is 98.7 cm³/mol. The first-order valence-electron chi connectivity index (χ1n) is 8.43.